The number of unbranched alkanes of at least 4 members (excludes halogenated alkanes) is 2. The number of hydrogen-bond acceptors (Lipinski definition) is 7. The van der Waals surface area contributed by atoms with Gasteiger partial charge in [0, 0.05) is 24.8 Å². The molecular formula is C16H21N5O2S2. The van der Waals surface area contributed by atoms with Gasteiger partial charge >= 0.3 is 0 Å². The number of carbonyl (C=O) groups excluding carboxylic acids is 2. The van der Waals surface area contributed by atoms with Crippen LogP contribution in [0.1, 0.15) is 49.7 Å². The molecule has 1 aliphatic heterocycles. The zero-order valence-electron chi connectivity index (χ0n) is 14.2. The molecule has 3 heterocycles. The Labute approximate surface area is 154 Å². The van der Waals surface area contributed by atoms with Gasteiger partial charge in [-0.15, -0.1) is 21.5 Å². The molecule has 2 aromatic rings. The molecule has 0 aromatic carbocycles. The van der Waals surface area contributed by atoms with Gasteiger partial charge in [0.15, 0.2) is 5.13 Å². The molecule has 7 nitrogen and oxygen atoms in total. The predicted molar refractivity (Wildman–Crippen MR) is 99.2 cm³/mol. The zero-order chi connectivity index (χ0) is 17.6. The van der Waals surface area contributed by atoms with Crippen molar-refractivity contribution in [3.8, 4) is 0 Å². The number of hydrogen-bond donors (Lipinski definition) is 1. The lowest BCUT2D eigenvalue weighted by atomic mass is 10.2. The van der Waals surface area contributed by atoms with Gasteiger partial charge in [0.1, 0.15) is 5.01 Å². The number of aromatic nitrogens is 3. The summed E-state index contributed by atoms with van der Waals surface area (Å²) in [6, 6.07) is 0. The second kappa shape index (κ2) is 8.48. The molecule has 1 N–H and O–H groups in total. The fourth-order valence-corrected chi connectivity index (χ4v) is 4.28. The second-order valence-corrected chi connectivity index (χ2v) is 7.85. The summed E-state index contributed by atoms with van der Waals surface area (Å²) in [6.45, 7) is 2.87. The van der Waals surface area contributed by atoms with Crippen LogP contribution in [-0.4, -0.2) is 33.5 Å². The van der Waals surface area contributed by atoms with E-state index in [1.807, 2.05) is 5.38 Å². The molecule has 1 aliphatic rings. The summed E-state index contributed by atoms with van der Waals surface area (Å²) in [5, 5.41) is 14.9. The summed E-state index contributed by atoms with van der Waals surface area (Å²) in [7, 11) is 0. The number of nitrogens with zero attached hydrogens (tertiary/aromatic N) is 4. The molecule has 1 fully saturated rings. The minimum atomic E-state index is -0.166. The van der Waals surface area contributed by atoms with Crippen molar-refractivity contribution in [1.82, 2.24) is 15.2 Å². The topological polar surface area (TPSA) is 88.1 Å². The quantitative estimate of drug-likeness (QED) is 0.712. The van der Waals surface area contributed by atoms with Gasteiger partial charge in [-0.2, -0.15) is 0 Å². The van der Waals surface area contributed by atoms with Gasteiger partial charge in [-0.25, -0.2) is 4.98 Å². The molecule has 134 valence electrons. The number of anilines is 2. The Morgan fingerprint density at radius 1 is 1.36 bits per heavy atom. The highest BCUT2D eigenvalue weighted by molar-refractivity contribution is 7.15. The van der Waals surface area contributed by atoms with Crippen molar-refractivity contribution in [3.63, 3.8) is 0 Å². The molecule has 0 radical (unpaired) electrons. The summed E-state index contributed by atoms with van der Waals surface area (Å²) in [6.07, 6.45) is 5.95. The van der Waals surface area contributed by atoms with E-state index >= 15 is 0 Å². The Morgan fingerprint density at radius 3 is 3.00 bits per heavy atom. The normalized spacial score (nSPS) is 14.3. The SMILES string of the molecule is CCCCCc1nnc(NC(=O)Cc2csc(N3CCCC3=O)n2)s1. The van der Waals surface area contributed by atoms with Crippen molar-refractivity contribution in [2.75, 3.05) is 16.8 Å². The number of thiazole rings is 1. The average molecular weight is 380 g/mol. The monoisotopic (exact) mass is 379 g/mol. The Balaban J connectivity index is 1.51. The molecule has 0 aliphatic carbocycles. The summed E-state index contributed by atoms with van der Waals surface area (Å²) >= 11 is 2.83. The third-order valence-electron chi connectivity index (χ3n) is 3.89. The van der Waals surface area contributed by atoms with Crippen LogP contribution in [0.15, 0.2) is 5.38 Å². The highest BCUT2D eigenvalue weighted by Crippen LogP contribution is 2.25. The molecule has 3 rings (SSSR count). The Kier molecular flexibility index (Phi) is 6.09. The fourth-order valence-electron chi connectivity index (χ4n) is 2.61. The van der Waals surface area contributed by atoms with Gasteiger partial charge in [0.25, 0.3) is 0 Å². The van der Waals surface area contributed by atoms with Crippen LogP contribution in [0.2, 0.25) is 0 Å². The first-order valence-electron chi connectivity index (χ1n) is 8.52. The van der Waals surface area contributed by atoms with E-state index in [1.54, 1.807) is 4.90 Å². The first kappa shape index (κ1) is 17.9. The van der Waals surface area contributed by atoms with Gasteiger partial charge in [-0.3, -0.25) is 14.5 Å². The highest BCUT2D eigenvalue weighted by atomic mass is 32.1. The maximum absolute atomic E-state index is 12.2. The average Bonchev–Trinajstić information content (AvgIpc) is 3.29. The van der Waals surface area contributed by atoms with Gasteiger partial charge in [-0.05, 0) is 12.8 Å². The number of rotatable bonds is 8. The molecular weight excluding hydrogens is 358 g/mol. The predicted octanol–water partition coefficient (Wildman–Crippen LogP) is 3.04. The van der Waals surface area contributed by atoms with Gasteiger partial charge in [0.2, 0.25) is 16.9 Å². The van der Waals surface area contributed by atoms with Crippen molar-refractivity contribution in [2.45, 2.75) is 51.9 Å². The van der Waals surface area contributed by atoms with Crippen molar-refractivity contribution >= 4 is 44.8 Å². The number of carbonyl (C=O) groups is 2. The van der Waals surface area contributed by atoms with Crippen LogP contribution >= 0.6 is 22.7 Å². The lowest BCUT2D eigenvalue weighted by molar-refractivity contribution is -0.117. The molecule has 2 amide bonds. The Morgan fingerprint density at radius 2 is 2.24 bits per heavy atom. The van der Waals surface area contributed by atoms with Gasteiger partial charge in [-0.1, -0.05) is 31.1 Å². The third kappa shape index (κ3) is 4.82. The molecule has 25 heavy (non-hydrogen) atoms. The lowest BCUT2D eigenvalue weighted by Crippen LogP contribution is -2.23. The van der Waals surface area contributed by atoms with Gasteiger partial charge < -0.3 is 5.32 Å². The van der Waals surface area contributed by atoms with E-state index in [0.29, 0.717) is 28.9 Å². The first-order valence-corrected chi connectivity index (χ1v) is 10.2. The van der Waals surface area contributed by atoms with Crippen molar-refractivity contribution < 1.29 is 9.59 Å². The van der Waals surface area contributed by atoms with Gasteiger partial charge in [0.05, 0.1) is 12.1 Å². The smallest absolute Gasteiger partial charge is 0.232 e. The van der Waals surface area contributed by atoms with Crippen LogP contribution in [0.4, 0.5) is 10.3 Å². The van der Waals surface area contributed by atoms with Crippen LogP contribution in [0.3, 0.4) is 0 Å². The van der Waals surface area contributed by atoms with E-state index in [1.165, 1.54) is 35.5 Å². The molecule has 0 saturated carbocycles. The van der Waals surface area contributed by atoms with Crippen molar-refractivity contribution in [1.29, 1.82) is 0 Å². The molecule has 0 atom stereocenters. The first-order chi connectivity index (χ1) is 12.2. The minimum absolute atomic E-state index is 0.106. The summed E-state index contributed by atoms with van der Waals surface area (Å²) in [5.41, 5.74) is 0.671. The molecule has 0 spiro atoms. The molecule has 1 saturated heterocycles. The molecule has 2 aromatic heterocycles. The van der Waals surface area contributed by atoms with E-state index in [4.69, 9.17) is 0 Å². The standard InChI is InChI=1S/C16H21N5O2S2/c1-2-3-4-6-13-19-20-15(25-13)18-12(22)9-11-10-24-16(17-11)21-8-5-7-14(21)23/h10H,2-9H2,1H3,(H,18,20,22). The summed E-state index contributed by atoms with van der Waals surface area (Å²) < 4.78 is 0. The van der Waals surface area contributed by atoms with E-state index in [9.17, 15) is 9.59 Å². The molecule has 9 heteroatoms. The molecule has 0 unspecified atom stereocenters. The maximum atomic E-state index is 12.2. The Bertz CT molecular complexity index is 742. The van der Waals surface area contributed by atoms with Crippen LogP contribution in [0.5, 0.6) is 0 Å². The van der Waals surface area contributed by atoms with E-state index in [2.05, 4.69) is 27.4 Å². The third-order valence-corrected chi connectivity index (χ3v) is 5.70. The second-order valence-electron chi connectivity index (χ2n) is 5.95. The highest BCUT2D eigenvalue weighted by Gasteiger charge is 2.24. The van der Waals surface area contributed by atoms with Crippen LogP contribution in [-0.2, 0) is 22.4 Å². The zero-order valence-corrected chi connectivity index (χ0v) is 15.8. The van der Waals surface area contributed by atoms with Crippen molar-refractivity contribution in [2.24, 2.45) is 0 Å². The maximum Gasteiger partial charge on any atom is 0.232 e. The molecule has 0 bridgehead atoms. The number of amides is 2. The van der Waals surface area contributed by atoms with Crippen LogP contribution in [0, 0.1) is 0 Å². The minimum Gasteiger partial charge on any atom is -0.300 e. The van der Waals surface area contributed by atoms with Crippen molar-refractivity contribution in [3.05, 3.63) is 16.1 Å². The van der Waals surface area contributed by atoms with Crippen LogP contribution in [0.25, 0.3) is 0 Å². The fraction of sp³-hybridized carbons (Fsp3) is 0.562. The van der Waals surface area contributed by atoms with Crippen LogP contribution < -0.4 is 10.2 Å². The summed E-state index contributed by atoms with van der Waals surface area (Å²) in [4.78, 5) is 30.0. The summed E-state index contributed by atoms with van der Waals surface area (Å²) in [5.74, 6) is -0.0596. The lowest BCUT2D eigenvalue weighted by Gasteiger charge is -2.10. The number of aryl methyl sites for hydroxylation is 1. The Hall–Kier alpha value is -1.87. The van der Waals surface area contributed by atoms with E-state index in [-0.39, 0.29) is 18.2 Å². The van der Waals surface area contributed by atoms with E-state index in [0.717, 1.165) is 24.3 Å². The largest absolute Gasteiger partial charge is 0.300 e. The number of nitrogens with one attached hydrogen (secondary N) is 1. The van der Waals surface area contributed by atoms with E-state index < -0.39 is 0 Å².